The monoisotopic (exact) mass is 359 g/mol. The van der Waals surface area contributed by atoms with Crippen LogP contribution < -0.4 is 4.72 Å². The van der Waals surface area contributed by atoms with Gasteiger partial charge in [0.1, 0.15) is 12.7 Å². The zero-order chi connectivity index (χ0) is 17.9. The molecule has 128 valence electrons. The van der Waals surface area contributed by atoms with E-state index in [-0.39, 0.29) is 10.6 Å². The summed E-state index contributed by atoms with van der Waals surface area (Å²) in [5.74, 6) is 0. The van der Waals surface area contributed by atoms with Crippen molar-refractivity contribution in [2.45, 2.75) is 11.4 Å². The molecule has 3 rings (SSSR count). The topological polar surface area (TPSA) is 120 Å². The Morgan fingerprint density at radius 2 is 1.76 bits per heavy atom. The van der Waals surface area contributed by atoms with Crippen molar-refractivity contribution in [3.8, 4) is 0 Å². The second-order valence-electron chi connectivity index (χ2n) is 5.15. The third-order valence-electron chi connectivity index (χ3n) is 3.38. The first-order valence-electron chi connectivity index (χ1n) is 7.13. The number of nitrogens with zero attached hydrogens (tertiary/aromatic N) is 4. The lowest BCUT2D eigenvalue weighted by Gasteiger charge is -2.09. The van der Waals surface area contributed by atoms with E-state index >= 15 is 0 Å². The van der Waals surface area contributed by atoms with E-state index in [0.717, 1.165) is 17.7 Å². The number of benzene rings is 2. The van der Waals surface area contributed by atoms with Crippen LogP contribution in [-0.2, 0) is 16.6 Å². The summed E-state index contributed by atoms with van der Waals surface area (Å²) in [6, 6.07) is 11.5. The highest BCUT2D eigenvalue weighted by Gasteiger charge is 2.16. The smallest absolute Gasteiger partial charge is 0.269 e. The van der Waals surface area contributed by atoms with Gasteiger partial charge < -0.3 is 0 Å². The standard InChI is InChI=1S/C15H13N5O4S/c21-20(22)14-5-7-15(8-6-14)25(23,24)18-13-3-1-12(2-4-13)9-19-11-16-10-17-19/h1-8,10-11,18H,9H2. The van der Waals surface area contributed by atoms with E-state index in [1.54, 1.807) is 35.3 Å². The maximum Gasteiger partial charge on any atom is 0.269 e. The SMILES string of the molecule is O=[N+]([O-])c1ccc(S(=O)(=O)Nc2ccc(Cn3cncn3)cc2)cc1. The third-order valence-corrected chi connectivity index (χ3v) is 4.77. The fourth-order valence-electron chi connectivity index (χ4n) is 2.14. The summed E-state index contributed by atoms with van der Waals surface area (Å²) in [7, 11) is -3.82. The largest absolute Gasteiger partial charge is 0.280 e. The van der Waals surface area contributed by atoms with Crippen LogP contribution in [0.1, 0.15) is 5.56 Å². The van der Waals surface area contributed by atoms with Crippen LogP contribution in [0.15, 0.2) is 66.1 Å². The molecule has 1 heterocycles. The van der Waals surface area contributed by atoms with Crippen LogP contribution in [0.25, 0.3) is 0 Å². The highest BCUT2D eigenvalue weighted by molar-refractivity contribution is 7.92. The zero-order valence-corrected chi connectivity index (χ0v) is 13.6. The van der Waals surface area contributed by atoms with Gasteiger partial charge >= 0.3 is 0 Å². The van der Waals surface area contributed by atoms with Crippen molar-refractivity contribution in [2.75, 3.05) is 4.72 Å². The molecule has 9 nitrogen and oxygen atoms in total. The van der Waals surface area contributed by atoms with Gasteiger partial charge in [0, 0.05) is 17.8 Å². The van der Waals surface area contributed by atoms with E-state index in [4.69, 9.17) is 0 Å². The number of anilines is 1. The number of hydrogen-bond acceptors (Lipinski definition) is 6. The minimum Gasteiger partial charge on any atom is -0.280 e. The van der Waals surface area contributed by atoms with Crippen molar-refractivity contribution >= 4 is 21.4 Å². The van der Waals surface area contributed by atoms with Gasteiger partial charge in [-0.3, -0.25) is 14.8 Å². The first kappa shape index (κ1) is 16.6. The van der Waals surface area contributed by atoms with Gasteiger partial charge in [-0.2, -0.15) is 5.10 Å². The average molecular weight is 359 g/mol. The molecule has 0 unspecified atom stereocenters. The molecule has 0 spiro atoms. The molecule has 0 radical (unpaired) electrons. The molecule has 10 heteroatoms. The molecule has 2 aromatic carbocycles. The molecule has 0 bridgehead atoms. The molecule has 25 heavy (non-hydrogen) atoms. The van der Waals surface area contributed by atoms with Crippen LogP contribution in [-0.4, -0.2) is 28.1 Å². The quantitative estimate of drug-likeness (QED) is 0.531. The molecular weight excluding hydrogens is 346 g/mol. The number of aromatic nitrogens is 3. The molecule has 0 saturated heterocycles. The lowest BCUT2D eigenvalue weighted by atomic mass is 10.2. The van der Waals surface area contributed by atoms with Crippen molar-refractivity contribution < 1.29 is 13.3 Å². The van der Waals surface area contributed by atoms with Gasteiger partial charge in [0.2, 0.25) is 0 Å². The van der Waals surface area contributed by atoms with Crippen LogP contribution in [0.5, 0.6) is 0 Å². The van der Waals surface area contributed by atoms with Crippen LogP contribution in [0.3, 0.4) is 0 Å². The molecule has 1 aromatic heterocycles. The van der Waals surface area contributed by atoms with Crippen molar-refractivity contribution in [3.63, 3.8) is 0 Å². The van der Waals surface area contributed by atoms with Gasteiger partial charge in [-0.05, 0) is 29.8 Å². The summed E-state index contributed by atoms with van der Waals surface area (Å²) in [4.78, 5) is 13.8. The Labute approximate surface area is 143 Å². The molecule has 0 atom stereocenters. The van der Waals surface area contributed by atoms with E-state index in [9.17, 15) is 18.5 Å². The van der Waals surface area contributed by atoms with Crippen molar-refractivity contribution in [2.24, 2.45) is 0 Å². The summed E-state index contributed by atoms with van der Waals surface area (Å²) in [6.45, 7) is 0.523. The van der Waals surface area contributed by atoms with Gasteiger partial charge in [0.15, 0.2) is 0 Å². The van der Waals surface area contributed by atoms with Crippen LogP contribution in [0.2, 0.25) is 0 Å². The van der Waals surface area contributed by atoms with Gasteiger partial charge in [-0.25, -0.2) is 18.1 Å². The zero-order valence-electron chi connectivity index (χ0n) is 12.8. The van der Waals surface area contributed by atoms with Crippen molar-refractivity contribution in [1.82, 2.24) is 14.8 Å². The molecule has 0 aliphatic heterocycles. The van der Waals surface area contributed by atoms with E-state index in [1.807, 2.05) is 0 Å². The molecule has 0 fully saturated rings. The molecule has 0 aliphatic carbocycles. The first-order chi connectivity index (χ1) is 11.9. The van der Waals surface area contributed by atoms with E-state index in [2.05, 4.69) is 14.8 Å². The van der Waals surface area contributed by atoms with Crippen LogP contribution in [0, 0.1) is 10.1 Å². The number of sulfonamides is 1. The lowest BCUT2D eigenvalue weighted by Crippen LogP contribution is -2.13. The molecule has 0 saturated carbocycles. The van der Waals surface area contributed by atoms with Gasteiger partial charge in [0.05, 0.1) is 16.4 Å². The molecule has 0 amide bonds. The normalized spacial score (nSPS) is 11.2. The van der Waals surface area contributed by atoms with Gasteiger partial charge in [0.25, 0.3) is 15.7 Å². The highest BCUT2D eigenvalue weighted by Crippen LogP contribution is 2.19. The van der Waals surface area contributed by atoms with E-state index < -0.39 is 14.9 Å². The van der Waals surface area contributed by atoms with Crippen LogP contribution in [0.4, 0.5) is 11.4 Å². The van der Waals surface area contributed by atoms with E-state index in [1.165, 1.54) is 18.5 Å². The number of rotatable bonds is 6. The number of nitro benzene ring substituents is 1. The summed E-state index contributed by atoms with van der Waals surface area (Å²) in [5.41, 5.74) is 1.15. The fraction of sp³-hybridized carbons (Fsp3) is 0.0667. The maximum atomic E-state index is 12.3. The Balaban J connectivity index is 1.73. The van der Waals surface area contributed by atoms with Crippen molar-refractivity contribution in [1.29, 1.82) is 0 Å². The van der Waals surface area contributed by atoms with Gasteiger partial charge in [-0.1, -0.05) is 12.1 Å². The first-order valence-corrected chi connectivity index (χ1v) is 8.61. The van der Waals surface area contributed by atoms with Crippen molar-refractivity contribution in [3.05, 3.63) is 76.9 Å². The fourth-order valence-corrected chi connectivity index (χ4v) is 3.20. The Morgan fingerprint density at radius 1 is 1.08 bits per heavy atom. The predicted octanol–water partition coefficient (Wildman–Crippen LogP) is 2.04. The highest BCUT2D eigenvalue weighted by atomic mass is 32.2. The average Bonchev–Trinajstić information content (AvgIpc) is 3.09. The number of nitro groups is 1. The third kappa shape index (κ3) is 3.98. The molecule has 3 aromatic rings. The molecular formula is C15H13N5O4S. The summed E-state index contributed by atoms with van der Waals surface area (Å²) in [6.07, 6.45) is 3.03. The Morgan fingerprint density at radius 3 is 2.32 bits per heavy atom. The van der Waals surface area contributed by atoms with Gasteiger partial charge in [-0.15, -0.1) is 0 Å². The van der Waals surface area contributed by atoms with Crippen LogP contribution >= 0.6 is 0 Å². The number of hydrogen-bond donors (Lipinski definition) is 1. The number of non-ortho nitro benzene ring substituents is 1. The summed E-state index contributed by atoms with van der Waals surface area (Å²) >= 11 is 0. The molecule has 0 aliphatic rings. The Hall–Kier alpha value is -3.27. The maximum absolute atomic E-state index is 12.3. The lowest BCUT2D eigenvalue weighted by molar-refractivity contribution is -0.384. The number of nitrogens with one attached hydrogen (secondary N) is 1. The summed E-state index contributed by atoms with van der Waals surface area (Å²) < 4.78 is 28.7. The minimum atomic E-state index is -3.82. The predicted molar refractivity (Wildman–Crippen MR) is 89.5 cm³/mol. The minimum absolute atomic E-state index is 0.0511. The molecule has 1 N–H and O–H groups in total. The Kier molecular flexibility index (Phi) is 4.44. The summed E-state index contributed by atoms with van der Waals surface area (Å²) in [5, 5.41) is 14.6. The second-order valence-corrected chi connectivity index (χ2v) is 6.83. The second kappa shape index (κ2) is 6.69. The van der Waals surface area contributed by atoms with E-state index in [0.29, 0.717) is 12.2 Å². The Bertz CT molecular complexity index is 968.